The third-order valence-corrected chi connectivity index (χ3v) is 6.24. The van der Waals surface area contributed by atoms with Crippen molar-refractivity contribution in [3.63, 3.8) is 0 Å². The van der Waals surface area contributed by atoms with Crippen molar-refractivity contribution in [2.45, 2.75) is 47.3 Å². The van der Waals surface area contributed by atoms with Crippen LogP contribution in [0.1, 0.15) is 11.1 Å². The first-order valence-corrected chi connectivity index (χ1v) is 12.6. The Kier molecular flexibility index (Phi) is 10.2. The lowest BCUT2D eigenvalue weighted by atomic mass is 10.0. The maximum atomic E-state index is 14.2. The van der Waals surface area contributed by atoms with Crippen molar-refractivity contribution < 1.29 is 71.8 Å². The Balaban J connectivity index is 1.89. The molecule has 0 heterocycles. The molecule has 3 rings (SSSR count). The number of hydroxylamine groups is 1. The van der Waals surface area contributed by atoms with E-state index in [2.05, 4.69) is 0 Å². The van der Waals surface area contributed by atoms with Gasteiger partial charge in [-0.15, -0.1) is 0 Å². The zero-order valence-corrected chi connectivity index (χ0v) is 22.3. The second-order valence-corrected chi connectivity index (χ2v) is 10.0. The van der Waals surface area contributed by atoms with Gasteiger partial charge in [0.2, 0.25) is 0 Å². The highest BCUT2D eigenvalue weighted by atomic mass is 32.2. The molecule has 0 saturated heterocycles. The number of benzene rings is 3. The highest BCUT2D eigenvalue weighted by Crippen LogP contribution is 2.52. The Hall–Kier alpha value is -3.54. The van der Waals surface area contributed by atoms with Gasteiger partial charge in [0.1, 0.15) is 12.4 Å². The summed E-state index contributed by atoms with van der Waals surface area (Å²) in [6.07, 6.45) is -15.0. The second-order valence-electron chi connectivity index (χ2n) is 8.87. The van der Waals surface area contributed by atoms with Crippen LogP contribution in [0.25, 0.3) is 0 Å². The van der Waals surface area contributed by atoms with Gasteiger partial charge in [-0.25, -0.2) is 5.06 Å². The van der Waals surface area contributed by atoms with E-state index in [0.717, 1.165) is 18.2 Å². The van der Waals surface area contributed by atoms with Gasteiger partial charge < -0.3 is 14.7 Å². The lowest BCUT2D eigenvalue weighted by Gasteiger charge is -2.30. The molecule has 0 saturated carbocycles. The summed E-state index contributed by atoms with van der Waals surface area (Å²) in [5.41, 5.74) is -6.52. The fourth-order valence-corrected chi connectivity index (χ4v) is 4.04. The highest BCUT2D eigenvalue weighted by molar-refractivity contribution is 8.00. The number of ether oxygens (including phenoxy) is 1. The Morgan fingerprint density at radius 1 is 0.727 bits per heavy atom. The smallest absolute Gasteiger partial charge is 0.460 e. The van der Waals surface area contributed by atoms with E-state index in [9.17, 15) is 62.2 Å². The molecule has 0 fully saturated rings. The number of nitrogens with zero attached hydrogens (tertiary/aromatic N) is 1. The predicted molar refractivity (Wildman–Crippen MR) is 131 cm³/mol. The highest BCUT2D eigenvalue weighted by Gasteiger charge is 2.73. The van der Waals surface area contributed by atoms with Crippen LogP contribution < -0.4 is 14.6 Å². The number of aliphatic hydroxyl groups excluding tert-OH is 1. The first kappa shape index (κ1) is 34.9. The summed E-state index contributed by atoms with van der Waals surface area (Å²) in [6, 6.07) is 11.3. The third-order valence-electron chi connectivity index (χ3n) is 5.52. The fraction of sp³-hybridized carbons (Fsp3) is 0.308. The second kappa shape index (κ2) is 12.8. The summed E-state index contributed by atoms with van der Waals surface area (Å²) in [5.74, 6) is -13.3. The van der Waals surface area contributed by atoms with Crippen molar-refractivity contribution in [1.29, 1.82) is 0 Å². The Bertz CT molecular complexity index is 1410. The average Bonchev–Trinajstić information content (AvgIpc) is 2.90. The Morgan fingerprint density at radius 2 is 1.34 bits per heavy atom. The van der Waals surface area contributed by atoms with E-state index in [0.29, 0.717) is 11.1 Å². The van der Waals surface area contributed by atoms with Crippen molar-refractivity contribution in [3.8, 4) is 11.5 Å². The number of hydrogen-bond donors (Lipinski definition) is 1. The van der Waals surface area contributed by atoms with E-state index in [1.165, 1.54) is 36.4 Å². The van der Waals surface area contributed by atoms with E-state index in [-0.39, 0.29) is 52.4 Å². The SMILES string of the molecule is OC(CN(Oc1cccc(C(F)(F)C(F)(F)C(F)(F)F)c1)c1cccc(OCc2cccc(SC(F)(F)F)c2)c1)C(F)(F)F. The molecule has 1 N–H and O–H groups in total. The Labute approximate surface area is 243 Å². The van der Waals surface area contributed by atoms with Gasteiger partial charge in [-0.05, 0) is 53.7 Å². The van der Waals surface area contributed by atoms with E-state index >= 15 is 0 Å². The Morgan fingerprint density at radius 3 is 1.95 bits per heavy atom. The van der Waals surface area contributed by atoms with Gasteiger partial charge in [0, 0.05) is 16.5 Å². The zero-order valence-electron chi connectivity index (χ0n) is 21.5. The summed E-state index contributed by atoms with van der Waals surface area (Å²) in [5, 5.41) is 9.90. The molecule has 0 aromatic heterocycles. The molecule has 0 spiro atoms. The number of thioether (sulfide) groups is 1. The summed E-state index contributed by atoms with van der Waals surface area (Å²) in [7, 11) is 0. The lowest BCUT2D eigenvalue weighted by molar-refractivity contribution is -0.359. The number of alkyl halides is 13. The fourth-order valence-electron chi connectivity index (χ4n) is 3.42. The molecule has 18 heteroatoms. The van der Waals surface area contributed by atoms with Crippen LogP contribution in [0, 0.1) is 0 Å². The summed E-state index contributed by atoms with van der Waals surface area (Å²) >= 11 is -0.382. The van der Waals surface area contributed by atoms with Crippen molar-refractivity contribution >= 4 is 17.4 Å². The maximum absolute atomic E-state index is 14.2. The van der Waals surface area contributed by atoms with Crippen LogP contribution in [0.5, 0.6) is 11.5 Å². The van der Waals surface area contributed by atoms with Gasteiger partial charge in [-0.3, -0.25) is 0 Å². The molecular formula is C26H18F13NO3S. The molecule has 4 nitrogen and oxygen atoms in total. The van der Waals surface area contributed by atoms with Gasteiger partial charge in [0.25, 0.3) is 0 Å². The molecule has 0 amide bonds. The molecule has 1 atom stereocenters. The van der Waals surface area contributed by atoms with Crippen LogP contribution in [0.4, 0.5) is 62.8 Å². The minimum atomic E-state index is -6.66. The summed E-state index contributed by atoms with van der Waals surface area (Å²) in [4.78, 5) is 4.97. The molecule has 0 bridgehead atoms. The van der Waals surface area contributed by atoms with Crippen LogP contribution in [0.15, 0.2) is 77.7 Å². The van der Waals surface area contributed by atoms with Crippen LogP contribution in [0.3, 0.4) is 0 Å². The molecule has 0 aliphatic heterocycles. The average molecular weight is 671 g/mol. The summed E-state index contributed by atoms with van der Waals surface area (Å²) < 4.78 is 176. The molecule has 3 aromatic rings. The normalized spacial score (nSPS) is 13.9. The van der Waals surface area contributed by atoms with Gasteiger partial charge in [0.05, 0.1) is 12.2 Å². The standard InChI is InChI=1S/C26H18F13NO3S/c27-22(28,24(32,33)25(34,35)36)16-5-2-8-19(11-16)43-40(13-21(41)23(29,30)31)17-6-3-7-18(12-17)42-14-15-4-1-9-20(10-15)44-26(37,38)39/h1-12,21,41H,13-14H2. The van der Waals surface area contributed by atoms with Crippen LogP contribution >= 0.6 is 11.8 Å². The van der Waals surface area contributed by atoms with Crippen LogP contribution in [-0.2, 0) is 12.5 Å². The number of halogens is 13. The van der Waals surface area contributed by atoms with Crippen molar-refractivity contribution in [1.82, 2.24) is 0 Å². The predicted octanol–water partition coefficient (Wildman–Crippen LogP) is 8.89. The molecule has 44 heavy (non-hydrogen) atoms. The van der Waals surface area contributed by atoms with Gasteiger partial charge in [0.15, 0.2) is 11.9 Å². The molecule has 0 aliphatic rings. The topological polar surface area (TPSA) is 41.9 Å². The minimum Gasteiger partial charge on any atom is -0.489 e. The number of aliphatic hydroxyl groups is 1. The quantitative estimate of drug-likeness (QED) is 0.125. The maximum Gasteiger partial charge on any atom is 0.460 e. The van der Waals surface area contributed by atoms with Crippen molar-refractivity contribution in [2.24, 2.45) is 0 Å². The number of anilines is 1. The molecule has 0 aliphatic carbocycles. The molecule has 3 aromatic carbocycles. The molecule has 0 radical (unpaired) electrons. The van der Waals surface area contributed by atoms with E-state index in [1.807, 2.05) is 0 Å². The third kappa shape index (κ3) is 8.77. The lowest BCUT2D eigenvalue weighted by Crippen LogP contribution is -2.50. The van der Waals surface area contributed by atoms with Crippen LogP contribution in [0.2, 0.25) is 0 Å². The number of rotatable bonds is 11. The monoisotopic (exact) mass is 671 g/mol. The molecule has 1 unspecified atom stereocenters. The van der Waals surface area contributed by atoms with E-state index in [4.69, 9.17) is 9.57 Å². The zero-order chi connectivity index (χ0) is 33.1. The van der Waals surface area contributed by atoms with Gasteiger partial charge >= 0.3 is 29.7 Å². The van der Waals surface area contributed by atoms with Crippen molar-refractivity contribution in [3.05, 3.63) is 83.9 Å². The van der Waals surface area contributed by atoms with Crippen molar-refractivity contribution in [2.75, 3.05) is 11.6 Å². The number of hydrogen-bond acceptors (Lipinski definition) is 5. The first-order valence-electron chi connectivity index (χ1n) is 11.8. The van der Waals surface area contributed by atoms with Gasteiger partial charge in [-0.2, -0.15) is 57.1 Å². The van der Waals surface area contributed by atoms with E-state index in [1.54, 1.807) is 0 Å². The van der Waals surface area contributed by atoms with Crippen LogP contribution in [-0.4, -0.2) is 41.5 Å². The van der Waals surface area contributed by atoms with Gasteiger partial charge in [-0.1, -0.05) is 30.3 Å². The van der Waals surface area contributed by atoms with E-state index < -0.39 is 53.7 Å². The largest absolute Gasteiger partial charge is 0.489 e. The first-order chi connectivity index (χ1) is 20.1. The minimum absolute atomic E-state index is 0.0545. The summed E-state index contributed by atoms with van der Waals surface area (Å²) in [6.45, 7) is -1.77. The molecule has 242 valence electrons. The molecular weight excluding hydrogens is 653 g/mol.